The summed E-state index contributed by atoms with van der Waals surface area (Å²) in [6.07, 6.45) is 1.63. The number of carbonyl (C=O) groups excluding carboxylic acids is 1. The van der Waals surface area contributed by atoms with E-state index in [0.29, 0.717) is 56.3 Å². The first-order chi connectivity index (χ1) is 21.4. The maximum absolute atomic E-state index is 14.5. The molecule has 10 nitrogen and oxygen atoms in total. The number of carboxylic acid groups (broad SMARTS) is 1. The van der Waals surface area contributed by atoms with E-state index in [4.69, 9.17) is 4.74 Å². The number of piperazine rings is 1. The van der Waals surface area contributed by atoms with Crippen LogP contribution in [0.4, 0.5) is 19.3 Å². The van der Waals surface area contributed by atoms with E-state index >= 15 is 0 Å². The predicted molar refractivity (Wildman–Crippen MR) is 165 cm³/mol. The van der Waals surface area contributed by atoms with Crippen molar-refractivity contribution in [2.24, 2.45) is 5.92 Å². The molecular weight excluding hydrogens is 606 g/mol. The smallest absolute Gasteiger partial charge is 0.405 e. The number of sulfonamides is 1. The van der Waals surface area contributed by atoms with Crippen molar-refractivity contribution in [3.8, 4) is 0 Å². The van der Waals surface area contributed by atoms with Crippen molar-refractivity contribution in [2.45, 2.75) is 88.6 Å². The molecule has 2 aromatic carbocycles. The molecular formula is C32H42F2N4O6S. The summed E-state index contributed by atoms with van der Waals surface area (Å²) in [4.78, 5) is 26.0. The minimum Gasteiger partial charge on any atom is -0.465 e. The number of ether oxygens (including phenoxy) is 1. The van der Waals surface area contributed by atoms with E-state index in [-0.39, 0.29) is 41.6 Å². The fraction of sp³-hybridized carbons (Fsp3) is 0.562. The number of nitrogens with zero attached hydrogens (tertiary/aromatic N) is 1. The van der Waals surface area contributed by atoms with Gasteiger partial charge in [0.25, 0.3) is 0 Å². The van der Waals surface area contributed by atoms with Crippen molar-refractivity contribution < 1.29 is 36.6 Å². The van der Waals surface area contributed by atoms with Crippen LogP contribution in [0.15, 0.2) is 42.5 Å². The van der Waals surface area contributed by atoms with Gasteiger partial charge >= 0.3 is 6.09 Å². The highest BCUT2D eigenvalue weighted by Gasteiger charge is 2.41. The van der Waals surface area contributed by atoms with Crippen molar-refractivity contribution in [2.75, 3.05) is 24.2 Å². The van der Waals surface area contributed by atoms with E-state index in [1.807, 2.05) is 13.8 Å². The Balaban J connectivity index is 1.41. The molecule has 2 unspecified atom stereocenters. The standard InChI is InChI=1S/C32H42F2N4O6S/c1-19-14-23(15-20(2)44-19)29(22-6-9-24(33)10-7-22)30(37-32(40)41)31(39)36-28-16-25(34)11-5-21(28)8-12-27-17-35-26-4-3-13-45(42,43)38(27)18-26/h5-7,9-11,16,19-20,23,26-27,29-30,35,37H,3-4,8,12-15,17-18H2,1-2H3,(H,36,39)(H,40,41)/t19-,20+,23?,26-,27+,29+,30+/m1/s1. The van der Waals surface area contributed by atoms with Crippen LogP contribution in [-0.4, -0.2) is 79.0 Å². The van der Waals surface area contributed by atoms with Crippen LogP contribution in [0.5, 0.6) is 0 Å². The van der Waals surface area contributed by atoms with Gasteiger partial charge in [-0.3, -0.25) is 4.79 Å². The number of aryl methyl sites for hydroxylation is 1. The number of amides is 2. The third kappa shape index (κ3) is 8.18. The summed E-state index contributed by atoms with van der Waals surface area (Å²) in [6.45, 7) is 4.75. The Hall–Kier alpha value is -3.13. The minimum atomic E-state index is -3.39. The van der Waals surface area contributed by atoms with E-state index in [1.165, 1.54) is 24.3 Å². The number of benzene rings is 2. The maximum Gasteiger partial charge on any atom is 0.405 e. The molecule has 0 spiro atoms. The van der Waals surface area contributed by atoms with Crippen LogP contribution in [0.2, 0.25) is 0 Å². The van der Waals surface area contributed by atoms with Crippen molar-refractivity contribution in [3.05, 3.63) is 65.2 Å². The summed E-state index contributed by atoms with van der Waals surface area (Å²) in [5, 5.41) is 18.4. The molecule has 0 saturated carbocycles. The van der Waals surface area contributed by atoms with Crippen molar-refractivity contribution in [1.82, 2.24) is 14.9 Å². The first-order valence-corrected chi connectivity index (χ1v) is 17.2. The van der Waals surface area contributed by atoms with Gasteiger partial charge in [-0.1, -0.05) is 18.2 Å². The summed E-state index contributed by atoms with van der Waals surface area (Å²) in [7, 11) is -3.39. The zero-order chi connectivity index (χ0) is 32.3. The number of carbonyl (C=O) groups is 2. The van der Waals surface area contributed by atoms with Gasteiger partial charge in [-0.2, -0.15) is 4.31 Å². The average Bonchev–Trinajstić information content (AvgIpc) is 3.08. The highest BCUT2D eigenvalue weighted by Crippen LogP contribution is 2.39. The summed E-state index contributed by atoms with van der Waals surface area (Å²) in [5.74, 6) is -2.46. The molecule has 2 amide bonds. The van der Waals surface area contributed by atoms with Crippen LogP contribution in [0.3, 0.4) is 0 Å². The van der Waals surface area contributed by atoms with E-state index in [0.717, 1.165) is 6.42 Å². The topological polar surface area (TPSA) is 137 Å². The predicted octanol–water partition coefficient (Wildman–Crippen LogP) is 4.23. The highest BCUT2D eigenvalue weighted by molar-refractivity contribution is 7.89. The van der Waals surface area contributed by atoms with Crippen molar-refractivity contribution >= 4 is 27.7 Å². The molecule has 246 valence electrons. The van der Waals surface area contributed by atoms with Gasteiger partial charge in [0.1, 0.15) is 17.7 Å². The lowest BCUT2D eigenvalue weighted by molar-refractivity contribution is -0.120. The van der Waals surface area contributed by atoms with Crippen LogP contribution < -0.4 is 16.0 Å². The number of halogens is 2. The molecule has 3 saturated heterocycles. The molecule has 4 N–H and O–H groups in total. The third-order valence-corrected chi connectivity index (χ3v) is 11.2. The number of nitrogens with one attached hydrogen (secondary N) is 3. The minimum absolute atomic E-state index is 0.109. The maximum atomic E-state index is 14.5. The van der Waals surface area contributed by atoms with Crippen LogP contribution >= 0.6 is 0 Å². The zero-order valence-electron chi connectivity index (χ0n) is 25.5. The third-order valence-electron chi connectivity index (χ3n) is 9.26. The number of hydrogen-bond donors (Lipinski definition) is 4. The molecule has 8 atom stereocenters. The Morgan fingerprint density at radius 1 is 1.09 bits per heavy atom. The van der Waals surface area contributed by atoms with Crippen molar-refractivity contribution in [3.63, 3.8) is 0 Å². The second-order valence-corrected chi connectivity index (χ2v) is 14.7. The quantitative estimate of drug-likeness (QED) is 0.320. The monoisotopic (exact) mass is 648 g/mol. The van der Waals surface area contributed by atoms with Gasteiger partial charge < -0.3 is 25.8 Å². The number of hydrogen-bond acceptors (Lipinski definition) is 6. The molecule has 2 bridgehead atoms. The normalized spacial score (nSPS) is 29.2. The lowest BCUT2D eigenvalue weighted by Gasteiger charge is -2.40. The van der Waals surface area contributed by atoms with Gasteiger partial charge in [-0.25, -0.2) is 22.0 Å². The van der Waals surface area contributed by atoms with E-state index in [9.17, 15) is 31.9 Å². The van der Waals surface area contributed by atoms with E-state index in [1.54, 1.807) is 22.5 Å². The summed E-state index contributed by atoms with van der Waals surface area (Å²) >= 11 is 0. The van der Waals surface area contributed by atoms with Gasteiger partial charge in [-0.05, 0) is 93.7 Å². The Labute approximate surface area is 263 Å². The van der Waals surface area contributed by atoms with Gasteiger partial charge in [0.2, 0.25) is 15.9 Å². The van der Waals surface area contributed by atoms with Crippen LogP contribution in [-0.2, 0) is 26.0 Å². The summed E-state index contributed by atoms with van der Waals surface area (Å²) in [6, 6.07) is 8.24. The molecule has 3 aliphatic rings. The molecule has 5 rings (SSSR count). The van der Waals surface area contributed by atoms with Crippen LogP contribution in [0, 0.1) is 17.6 Å². The molecule has 2 aromatic rings. The fourth-order valence-corrected chi connectivity index (χ4v) is 9.09. The lowest BCUT2D eigenvalue weighted by atomic mass is 9.74. The van der Waals surface area contributed by atoms with Gasteiger partial charge in [0.15, 0.2) is 0 Å². The second-order valence-electron chi connectivity index (χ2n) is 12.6. The molecule has 45 heavy (non-hydrogen) atoms. The number of rotatable bonds is 9. The molecule has 13 heteroatoms. The number of anilines is 1. The molecule has 3 heterocycles. The Morgan fingerprint density at radius 3 is 2.47 bits per heavy atom. The van der Waals surface area contributed by atoms with Crippen molar-refractivity contribution in [1.29, 1.82) is 0 Å². The Morgan fingerprint density at radius 2 is 1.78 bits per heavy atom. The fourth-order valence-electron chi connectivity index (χ4n) is 7.28. The SMILES string of the molecule is C[C@@H]1CC([C@H](c2ccc(F)cc2)[C@H](NC(=O)O)C(=O)Nc2cc(F)ccc2CC[C@H]2CN[C@@H]3CCCS(=O)(=O)N2C3)C[C@H](C)O1. The zero-order valence-corrected chi connectivity index (χ0v) is 26.4. The molecule has 0 aliphatic carbocycles. The first-order valence-electron chi connectivity index (χ1n) is 15.6. The van der Waals surface area contributed by atoms with E-state index < -0.39 is 45.6 Å². The second kappa shape index (κ2) is 14.1. The summed E-state index contributed by atoms with van der Waals surface area (Å²) in [5.41, 5.74) is 1.38. The van der Waals surface area contributed by atoms with Crippen LogP contribution in [0.25, 0.3) is 0 Å². The largest absolute Gasteiger partial charge is 0.465 e. The molecule has 3 fully saturated rings. The summed E-state index contributed by atoms with van der Waals surface area (Å²) < 4.78 is 61.8. The molecule has 0 radical (unpaired) electrons. The average molecular weight is 649 g/mol. The van der Waals surface area contributed by atoms with Gasteiger partial charge in [0, 0.05) is 36.8 Å². The Kier molecular flexibility index (Phi) is 10.4. The number of fused-ring (bicyclic) bond motifs is 2. The van der Waals surface area contributed by atoms with E-state index in [2.05, 4.69) is 16.0 Å². The van der Waals surface area contributed by atoms with Gasteiger partial charge in [0.05, 0.1) is 18.0 Å². The molecule has 3 aliphatic heterocycles. The first kappa shape index (κ1) is 33.2. The Bertz CT molecular complexity index is 1470. The molecule has 0 aromatic heterocycles. The van der Waals surface area contributed by atoms with Gasteiger partial charge in [-0.15, -0.1) is 0 Å². The lowest BCUT2D eigenvalue weighted by Crippen LogP contribution is -2.57. The highest BCUT2D eigenvalue weighted by atomic mass is 32.2. The van der Waals surface area contributed by atoms with Crippen LogP contribution in [0.1, 0.15) is 63.0 Å².